The topological polar surface area (TPSA) is 90.7 Å². The Balaban J connectivity index is 2.99. The van der Waals surface area contributed by atoms with Crippen molar-refractivity contribution in [3.63, 3.8) is 0 Å². The molecule has 1 aromatic rings. The molecule has 0 atom stereocenters. The molecule has 0 aromatic carbocycles. The van der Waals surface area contributed by atoms with Gasteiger partial charge >= 0.3 is 0 Å². The maximum absolute atomic E-state index is 9.02. The van der Waals surface area contributed by atoms with Crippen LogP contribution < -0.4 is 10.2 Å². The summed E-state index contributed by atoms with van der Waals surface area (Å²) in [7, 11) is 3.35. The number of anilines is 2. The van der Waals surface area contributed by atoms with Gasteiger partial charge in [-0.1, -0.05) is 0 Å². The van der Waals surface area contributed by atoms with E-state index in [0.29, 0.717) is 37.2 Å². The second-order valence-corrected chi connectivity index (χ2v) is 3.64. The van der Waals surface area contributed by atoms with Crippen LogP contribution in [0.4, 0.5) is 11.6 Å². The Hall–Kier alpha value is -1.44. The third kappa shape index (κ3) is 4.10. The Bertz CT molecular complexity index is 356. The maximum atomic E-state index is 9.02. The van der Waals surface area contributed by atoms with E-state index in [1.807, 2.05) is 0 Å². The molecule has 0 bridgehead atoms. The van der Waals surface area contributed by atoms with Gasteiger partial charge in [-0.15, -0.1) is 0 Å². The number of rotatable bonds is 8. The second kappa shape index (κ2) is 7.80. The predicted molar refractivity (Wildman–Crippen MR) is 68.7 cm³/mol. The molecule has 0 radical (unpaired) electrons. The van der Waals surface area contributed by atoms with Gasteiger partial charge in [-0.05, 0) is 0 Å². The minimum Gasteiger partial charge on any atom is -0.395 e. The highest BCUT2D eigenvalue weighted by atomic mass is 16.5. The van der Waals surface area contributed by atoms with Gasteiger partial charge in [-0.25, -0.2) is 9.97 Å². The van der Waals surface area contributed by atoms with Crippen molar-refractivity contribution in [3.8, 4) is 0 Å². The molecular formula is C11H20N4O3. The largest absolute Gasteiger partial charge is 0.395 e. The van der Waals surface area contributed by atoms with Gasteiger partial charge < -0.3 is 25.2 Å². The van der Waals surface area contributed by atoms with E-state index < -0.39 is 0 Å². The van der Waals surface area contributed by atoms with Gasteiger partial charge in [-0.2, -0.15) is 0 Å². The molecule has 0 aliphatic heterocycles. The Morgan fingerprint density at radius 1 is 1.28 bits per heavy atom. The van der Waals surface area contributed by atoms with Crippen molar-refractivity contribution >= 4 is 11.6 Å². The number of aliphatic hydroxyl groups is 2. The van der Waals surface area contributed by atoms with Crippen molar-refractivity contribution < 1.29 is 14.9 Å². The molecule has 0 unspecified atom stereocenters. The Kier molecular flexibility index (Phi) is 6.34. The standard InChI is InChI=1S/C11H20N4O3/c1-12-9-7-11(14-10(13-9)8-18-2)15(3-5-16)4-6-17/h7,16-17H,3-6,8H2,1-2H3,(H,12,13,14). The molecule has 0 spiro atoms. The average molecular weight is 256 g/mol. The van der Waals surface area contributed by atoms with Crippen LogP contribution in [0.25, 0.3) is 0 Å². The SMILES string of the molecule is CNc1cc(N(CCO)CCO)nc(COC)n1. The van der Waals surface area contributed by atoms with E-state index in [0.717, 1.165) is 0 Å². The summed E-state index contributed by atoms with van der Waals surface area (Å²) < 4.78 is 5.01. The molecule has 1 rings (SSSR count). The fraction of sp³-hybridized carbons (Fsp3) is 0.636. The third-order valence-electron chi connectivity index (χ3n) is 2.35. The Morgan fingerprint density at radius 2 is 1.94 bits per heavy atom. The molecule has 1 heterocycles. The van der Waals surface area contributed by atoms with E-state index in [-0.39, 0.29) is 13.2 Å². The summed E-state index contributed by atoms with van der Waals surface area (Å²) in [6.45, 7) is 1.13. The van der Waals surface area contributed by atoms with E-state index >= 15 is 0 Å². The minimum atomic E-state index is -0.00149. The number of hydrogen-bond donors (Lipinski definition) is 3. The van der Waals surface area contributed by atoms with Crippen LogP contribution >= 0.6 is 0 Å². The van der Waals surface area contributed by atoms with Crippen LogP contribution in [-0.4, -0.2) is 60.6 Å². The molecule has 18 heavy (non-hydrogen) atoms. The lowest BCUT2D eigenvalue weighted by Crippen LogP contribution is -2.31. The zero-order valence-electron chi connectivity index (χ0n) is 10.8. The van der Waals surface area contributed by atoms with Gasteiger partial charge in [0.15, 0.2) is 5.82 Å². The van der Waals surface area contributed by atoms with Crippen molar-refractivity contribution in [2.45, 2.75) is 6.61 Å². The first-order chi connectivity index (χ1) is 8.74. The van der Waals surface area contributed by atoms with Crippen LogP contribution in [0, 0.1) is 0 Å². The lowest BCUT2D eigenvalue weighted by molar-refractivity contribution is 0.178. The molecule has 0 aliphatic carbocycles. The fourth-order valence-corrected chi connectivity index (χ4v) is 1.55. The highest BCUT2D eigenvalue weighted by Crippen LogP contribution is 2.15. The van der Waals surface area contributed by atoms with Crippen LogP contribution in [0.15, 0.2) is 6.07 Å². The van der Waals surface area contributed by atoms with Crippen LogP contribution in [-0.2, 0) is 11.3 Å². The van der Waals surface area contributed by atoms with Crippen molar-refractivity contribution in [2.24, 2.45) is 0 Å². The number of hydrogen-bond acceptors (Lipinski definition) is 7. The summed E-state index contributed by atoms with van der Waals surface area (Å²) in [6.07, 6.45) is 0. The Morgan fingerprint density at radius 3 is 2.44 bits per heavy atom. The lowest BCUT2D eigenvalue weighted by atomic mass is 10.4. The summed E-state index contributed by atoms with van der Waals surface area (Å²) in [4.78, 5) is 10.4. The van der Waals surface area contributed by atoms with Crippen LogP contribution in [0.2, 0.25) is 0 Å². The zero-order valence-corrected chi connectivity index (χ0v) is 10.8. The second-order valence-electron chi connectivity index (χ2n) is 3.64. The zero-order chi connectivity index (χ0) is 13.4. The molecule has 102 valence electrons. The molecule has 0 fully saturated rings. The summed E-state index contributed by atoms with van der Waals surface area (Å²) in [5.41, 5.74) is 0. The number of aliphatic hydroxyl groups excluding tert-OH is 2. The number of methoxy groups -OCH3 is 1. The van der Waals surface area contributed by atoms with Crippen molar-refractivity contribution in [2.75, 3.05) is 50.7 Å². The fourth-order valence-electron chi connectivity index (χ4n) is 1.55. The number of ether oxygens (including phenoxy) is 1. The summed E-state index contributed by atoms with van der Waals surface area (Å²) in [5, 5.41) is 21.0. The summed E-state index contributed by atoms with van der Waals surface area (Å²) in [6, 6.07) is 1.77. The van der Waals surface area contributed by atoms with Crippen LogP contribution in [0.5, 0.6) is 0 Å². The van der Waals surface area contributed by atoms with Crippen molar-refractivity contribution in [3.05, 3.63) is 11.9 Å². The van der Waals surface area contributed by atoms with Gasteiger partial charge in [0.25, 0.3) is 0 Å². The van der Waals surface area contributed by atoms with Crippen molar-refractivity contribution in [1.29, 1.82) is 0 Å². The van der Waals surface area contributed by atoms with Gasteiger partial charge in [0.2, 0.25) is 0 Å². The monoisotopic (exact) mass is 256 g/mol. The molecule has 0 saturated carbocycles. The minimum absolute atomic E-state index is 0.00149. The first-order valence-electron chi connectivity index (χ1n) is 5.76. The third-order valence-corrected chi connectivity index (χ3v) is 2.35. The first kappa shape index (κ1) is 14.6. The first-order valence-corrected chi connectivity index (χ1v) is 5.76. The van der Waals surface area contributed by atoms with Gasteiger partial charge in [0.1, 0.15) is 18.2 Å². The van der Waals surface area contributed by atoms with Gasteiger partial charge in [0, 0.05) is 33.3 Å². The van der Waals surface area contributed by atoms with Gasteiger partial charge in [-0.3, -0.25) is 0 Å². The molecule has 0 amide bonds. The van der Waals surface area contributed by atoms with Crippen LogP contribution in [0.1, 0.15) is 5.82 Å². The highest BCUT2D eigenvalue weighted by molar-refractivity contribution is 5.49. The summed E-state index contributed by atoms with van der Waals surface area (Å²) >= 11 is 0. The average Bonchev–Trinajstić information content (AvgIpc) is 2.38. The predicted octanol–water partition coefficient (Wildman–Crippen LogP) is -0.544. The molecule has 3 N–H and O–H groups in total. The van der Waals surface area contributed by atoms with Crippen molar-refractivity contribution in [1.82, 2.24) is 9.97 Å². The molecule has 0 aliphatic rings. The molecule has 0 saturated heterocycles. The molecule has 7 nitrogen and oxygen atoms in total. The number of nitrogens with one attached hydrogen (secondary N) is 1. The van der Waals surface area contributed by atoms with E-state index in [9.17, 15) is 0 Å². The molecular weight excluding hydrogens is 236 g/mol. The van der Waals surface area contributed by atoms with E-state index in [1.165, 1.54) is 0 Å². The molecule has 7 heteroatoms. The molecule has 1 aromatic heterocycles. The van der Waals surface area contributed by atoms with Gasteiger partial charge in [0.05, 0.1) is 13.2 Å². The summed E-state index contributed by atoms with van der Waals surface area (Å²) in [5.74, 6) is 1.89. The number of nitrogens with zero attached hydrogens (tertiary/aromatic N) is 3. The van der Waals surface area contributed by atoms with E-state index in [4.69, 9.17) is 14.9 Å². The normalized spacial score (nSPS) is 10.4. The van der Waals surface area contributed by atoms with Crippen LogP contribution in [0.3, 0.4) is 0 Å². The van der Waals surface area contributed by atoms with E-state index in [1.54, 1.807) is 25.1 Å². The number of aromatic nitrogens is 2. The quantitative estimate of drug-likeness (QED) is 0.575. The Labute approximate surface area is 106 Å². The maximum Gasteiger partial charge on any atom is 0.158 e. The van der Waals surface area contributed by atoms with E-state index in [2.05, 4.69) is 15.3 Å². The lowest BCUT2D eigenvalue weighted by Gasteiger charge is -2.22. The highest BCUT2D eigenvalue weighted by Gasteiger charge is 2.10. The smallest absolute Gasteiger partial charge is 0.158 e.